The zero-order chi connectivity index (χ0) is 13.7. The molecule has 1 fully saturated rings. The van der Waals surface area contributed by atoms with Crippen molar-refractivity contribution >= 4 is 5.97 Å². The highest BCUT2D eigenvalue weighted by molar-refractivity contribution is 5.85. The van der Waals surface area contributed by atoms with E-state index in [1.54, 1.807) is 6.07 Å². The molecular formula is C15H22N2O2. The summed E-state index contributed by atoms with van der Waals surface area (Å²) < 4.78 is 0. The maximum Gasteiger partial charge on any atom is 0.354 e. The van der Waals surface area contributed by atoms with Crippen LogP contribution in [0.1, 0.15) is 48.3 Å². The maximum absolute atomic E-state index is 10.9. The number of carboxylic acids is 1. The van der Waals surface area contributed by atoms with Gasteiger partial charge in [-0.25, -0.2) is 9.78 Å². The molecule has 0 aliphatic heterocycles. The molecule has 1 aliphatic rings. The summed E-state index contributed by atoms with van der Waals surface area (Å²) in [6.45, 7) is 1.80. The fourth-order valence-corrected chi connectivity index (χ4v) is 2.84. The van der Waals surface area contributed by atoms with Gasteiger partial charge < -0.3 is 10.0 Å². The first kappa shape index (κ1) is 14.0. The molecule has 4 heteroatoms. The third-order valence-corrected chi connectivity index (χ3v) is 3.75. The van der Waals surface area contributed by atoms with E-state index in [2.05, 4.69) is 16.9 Å². The Balaban J connectivity index is 1.88. The smallest absolute Gasteiger partial charge is 0.354 e. The number of carbonyl (C=O) groups is 1. The van der Waals surface area contributed by atoms with E-state index in [0.29, 0.717) is 0 Å². The normalized spacial score (nSPS) is 16.7. The lowest BCUT2D eigenvalue weighted by molar-refractivity contribution is 0.0690. The first-order valence-electron chi connectivity index (χ1n) is 7.03. The highest BCUT2D eigenvalue weighted by Gasteiger charge is 2.16. The number of aromatic carboxylic acids is 1. The molecule has 1 N–H and O–H groups in total. The number of hydrogen-bond donors (Lipinski definition) is 1. The molecule has 19 heavy (non-hydrogen) atoms. The van der Waals surface area contributed by atoms with E-state index >= 15 is 0 Å². The molecule has 104 valence electrons. The number of pyridine rings is 1. The molecule has 1 aromatic rings. The van der Waals surface area contributed by atoms with E-state index in [1.807, 2.05) is 6.07 Å². The number of nitrogens with zero attached hydrogens (tertiary/aromatic N) is 2. The van der Waals surface area contributed by atoms with E-state index in [4.69, 9.17) is 5.11 Å². The molecule has 0 saturated heterocycles. The van der Waals surface area contributed by atoms with Gasteiger partial charge in [0.15, 0.2) is 0 Å². The summed E-state index contributed by atoms with van der Waals surface area (Å²) in [5, 5.41) is 8.93. The van der Waals surface area contributed by atoms with Gasteiger partial charge in [-0.2, -0.15) is 0 Å². The molecule has 1 heterocycles. The van der Waals surface area contributed by atoms with Crippen LogP contribution in [0.2, 0.25) is 0 Å². The first-order valence-corrected chi connectivity index (χ1v) is 7.03. The van der Waals surface area contributed by atoms with Crippen LogP contribution in [0.4, 0.5) is 0 Å². The van der Waals surface area contributed by atoms with Crippen LogP contribution in [0, 0.1) is 5.92 Å². The summed E-state index contributed by atoms with van der Waals surface area (Å²) in [5.41, 5.74) is 0.960. The van der Waals surface area contributed by atoms with Crippen LogP contribution in [0.15, 0.2) is 18.2 Å². The lowest BCUT2D eigenvalue weighted by Gasteiger charge is -2.26. The van der Waals surface area contributed by atoms with Crippen LogP contribution >= 0.6 is 0 Å². The third kappa shape index (κ3) is 4.31. The van der Waals surface area contributed by atoms with Gasteiger partial charge in [-0.15, -0.1) is 0 Å². The van der Waals surface area contributed by atoms with Crippen molar-refractivity contribution in [3.05, 3.63) is 29.6 Å². The van der Waals surface area contributed by atoms with E-state index < -0.39 is 5.97 Å². The Bertz CT molecular complexity index is 428. The second kappa shape index (κ2) is 6.66. The molecule has 2 rings (SSSR count). The molecule has 0 unspecified atom stereocenters. The molecule has 4 nitrogen and oxygen atoms in total. The van der Waals surface area contributed by atoms with Crippen LogP contribution in [-0.4, -0.2) is 34.6 Å². The van der Waals surface area contributed by atoms with Crippen molar-refractivity contribution in [3.63, 3.8) is 0 Å². The zero-order valence-electron chi connectivity index (χ0n) is 11.5. The molecule has 1 aromatic heterocycles. The molecule has 1 aliphatic carbocycles. The van der Waals surface area contributed by atoms with Crippen molar-refractivity contribution in [3.8, 4) is 0 Å². The van der Waals surface area contributed by atoms with Gasteiger partial charge in [0.25, 0.3) is 0 Å². The Morgan fingerprint density at radius 2 is 2.11 bits per heavy atom. The summed E-state index contributed by atoms with van der Waals surface area (Å²) in [4.78, 5) is 17.3. The molecule has 0 amide bonds. The minimum absolute atomic E-state index is 0.128. The standard InChI is InChI=1S/C15H22N2O2/c1-17(10-12-6-3-2-4-7-12)11-13-8-5-9-14(16-13)15(18)19/h5,8-9,12H,2-4,6-7,10-11H2,1H3,(H,18,19). The van der Waals surface area contributed by atoms with E-state index in [9.17, 15) is 4.79 Å². The van der Waals surface area contributed by atoms with Gasteiger partial charge in [0.05, 0.1) is 5.69 Å². The molecule has 0 aromatic carbocycles. The summed E-state index contributed by atoms with van der Waals surface area (Å²) in [6.07, 6.45) is 6.73. The van der Waals surface area contributed by atoms with Gasteiger partial charge in [-0.3, -0.25) is 0 Å². The maximum atomic E-state index is 10.9. The lowest BCUT2D eigenvalue weighted by atomic mass is 9.89. The molecule has 0 spiro atoms. The Labute approximate surface area is 114 Å². The van der Waals surface area contributed by atoms with Gasteiger partial charge in [-0.1, -0.05) is 25.3 Å². The molecule has 1 saturated carbocycles. The summed E-state index contributed by atoms with van der Waals surface area (Å²) in [6, 6.07) is 5.19. The largest absolute Gasteiger partial charge is 0.477 e. The van der Waals surface area contributed by atoms with E-state index in [-0.39, 0.29) is 5.69 Å². The van der Waals surface area contributed by atoms with Gasteiger partial charge in [0.1, 0.15) is 5.69 Å². The van der Waals surface area contributed by atoms with E-state index in [1.165, 1.54) is 38.2 Å². The average Bonchev–Trinajstić information content (AvgIpc) is 2.40. The van der Waals surface area contributed by atoms with Gasteiger partial charge in [0.2, 0.25) is 0 Å². The van der Waals surface area contributed by atoms with Crippen molar-refractivity contribution in [1.82, 2.24) is 9.88 Å². The second-order valence-corrected chi connectivity index (χ2v) is 5.52. The van der Waals surface area contributed by atoms with Crippen molar-refractivity contribution < 1.29 is 9.90 Å². The monoisotopic (exact) mass is 262 g/mol. The fraction of sp³-hybridized carbons (Fsp3) is 0.600. The fourth-order valence-electron chi connectivity index (χ4n) is 2.84. The molecule has 0 bridgehead atoms. The van der Waals surface area contributed by atoms with Crippen LogP contribution < -0.4 is 0 Å². The van der Waals surface area contributed by atoms with Gasteiger partial charge >= 0.3 is 5.97 Å². The predicted octanol–water partition coefficient (Wildman–Crippen LogP) is 2.79. The second-order valence-electron chi connectivity index (χ2n) is 5.52. The number of carboxylic acid groups (broad SMARTS) is 1. The molecule has 0 atom stereocenters. The van der Waals surface area contributed by atoms with Crippen LogP contribution in [0.25, 0.3) is 0 Å². The topological polar surface area (TPSA) is 53.4 Å². The SMILES string of the molecule is CN(Cc1cccc(C(=O)O)n1)CC1CCCCC1. The van der Waals surface area contributed by atoms with Crippen LogP contribution in [0.5, 0.6) is 0 Å². The highest BCUT2D eigenvalue weighted by Crippen LogP contribution is 2.24. The lowest BCUT2D eigenvalue weighted by Crippen LogP contribution is -2.27. The Morgan fingerprint density at radius 3 is 2.79 bits per heavy atom. The van der Waals surface area contributed by atoms with Gasteiger partial charge in [0, 0.05) is 13.1 Å². The van der Waals surface area contributed by atoms with E-state index in [0.717, 1.165) is 24.7 Å². The molecular weight excluding hydrogens is 240 g/mol. The quantitative estimate of drug-likeness (QED) is 0.886. The average molecular weight is 262 g/mol. The third-order valence-electron chi connectivity index (χ3n) is 3.75. The first-order chi connectivity index (χ1) is 9.15. The Morgan fingerprint density at radius 1 is 1.37 bits per heavy atom. The van der Waals surface area contributed by atoms with Crippen molar-refractivity contribution in [2.45, 2.75) is 38.6 Å². The van der Waals surface area contributed by atoms with Crippen molar-refractivity contribution in [1.29, 1.82) is 0 Å². The number of rotatable bonds is 5. The summed E-state index contributed by atoms with van der Waals surface area (Å²) in [7, 11) is 2.09. The minimum Gasteiger partial charge on any atom is -0.477 e. The van der Waals surface area contributed by atoms with Crippen molar-refractivity contribution in [2.24, 2.45) is 5.92 Å². The summed E-state index contributed by atoms with van der Waals surface area (Å²) >= 11 is 0. The summed E-state index contributed by atoms with van der Waals surface area (Å²) in [5.74, 6) is -0.168. The van der Waals surface area contributed by atoms with Crippen molar-refractivity contribution in [2.75, 3.05) is 13.6 Å². The Kier molecular flexibility index (Phi) is 4.91. The zero-order valence-corrected chi connectivity index (χ0v) is 11.5. The van der Waals surface area contributed by atoms with Gasteiger partial charge in [-0.05, 0) is 37.9 Å². The number of hydrogen-bond acceptors (Lipinski definition) is 3. The minimum atomic E-state index is -0.961. The van der Waals surface area contributed by atoms with Crippen LogP contribution in [0.3, 0.4) is 0 Å². The predicted molar refractivity (Wildman–Crippen MR) is 74.1 cm³/mol. The van der Waals surface area contributed by atoms with Crippen LogP contribution in [-0.2, 0) is 6.54 Å². The molecule has 0 radical (unpaired) electrons. The number of aromatic nitrogens is 1. The Hall–Kier alpha value is -1.42. The highest BCUT2D eigenvalue weighted by atomic mass is 16.4.